The number of carbonyl (C=O) groups is 2. The number of rotatable bonds is 6. The van der Waals surface area contributed by atoms with E-state index in [1.807, 2.05) is 20.8 Å². The molecule has 5 nitrogen and oxygen atoms in total. The molecule has 0 spiro atoms. The molecule has 0 aliphatic carbocycles. The van der Waals surface area contributed by atoms with E-state index < -0.39 is 12.0 Å². The van der Waals surface area contributed by atoms with E-state index in [1.54, 1.807) is 21.6 Å². The van der Waals surface area contributed by atoms with Crippen molar-refractivity contribution in [2.45, 2.75) is 52.5 Å². The molecular formula is C15H28N2O3S. The SMILES string of the molecule is CCC(C)CN(CC)C(=O)N1C(C(=O)O)CSC1C(C)C. The lowest BCUT2D eigenvalue weighted by atomic mass is 10.1. The molecular weight excluding hydrogens is 288 g/mol. The summed E-state index contributed by atoms with van der Waals surface area (Å²) in [6, 6.07) is -0.838. The van der Waals surface area contributed by atoms with Crippen molar-refractivity contribution in [2.75, 3.05) is 18.8 Å². The molecule has 3 atom stereocenters. The number of amides is 2. The zero-order valence-electron chi connectivity index (χ0n) is 13.7. The fourth-order valence-electron chi connectivity index (χ4n) is 2.48. The zero-order chi connectivity index (χ0) is 16.2. The van der Waals surface area contributed by atoms with Crippen molar-refractivity contribution in [1.29, 1.82) is 0 Å². The van der Waals surface area contributed by atoms with E-state index in [2.05, 4.69) is 13.8 Å². The average molecular weight is 316 g/mol. The molecule has 1 aliphatic heterocycles. The van der Waals surface area contributed by atoms with Gasteiger partial charge < -0.3 is 10.0 Å². The summed E-state index contributed by atoms with van der Waals surface area (Å²) in [5, 5.41) is 9.34. The highest BCUT2D eigenvalue weighted by molar-refractivity contribution is 8.00. The third-order valence-corrected chi connectivity index (χ3v) is 5.61. The molecule has 0 saturated carbocycles. The number of carbonyl (C=O) groups excluding carboxylic acids is 1. The molecule has 0 radical (unpaired) electrons. The summed E-state index contributed by atoms with van der Waals surface area (Å²) in [7, 11) is 0. The molecule has 1 heterocycles. The first-order valence-electron chi connectivity index (χ1n) is 7.75. The molecule has 1 N–H and O–H groups in total. The van der Waals surface area contributed by atoms with Crippen molar-refractivity contribution in [3.63, 3.8) is 0 Å². The zero-order valence-corrected chi connectivity index (χ0v) is 14.5. The van der Waals surface area contributed by atoms with Crippen LogP contribution in [0.3, 0.4) is 0 Å². The number of hydrogen-bond donors (Lipinski definition) is 1. The van der Waals surface area contributed by atoms with Crippen LogP contribution < -0.4 is 0 Å². The Kier molecular flexibility index (Phi) is 6.84. The van der Waals surface area contributed by atoms with Crippen molar-refractivity contribution in [3.8, 4) is 0 Å². The van der Waals surface area contributed by atoms with Crippen LogP contribution in [0.4, 0.5) is 4.79 Å². The van der Waals surface area contributed by atoms with Gasteiger partial charge in [-0.15, -0.1) is 11.8 Å². The molecule has 0 bridgehead atoms. The molecule has 6 heteroatoms. The van der Waals surface area contributed by atoms with Crippen LogP contribution in [-0.4, -0.2) is 57.2 Å². The molecule has 1 saturated heterocycles. The van der Waals surface area contributed by atoms with E-state index in [-0.39, 0.29) is 17.3 Å². The third-order valence-electron chi connectivity index (χ3n) is 3.99. The second-order valence-corrected chi connectivity index (χ2v) is 7.21. The molecule has 0 aromatic heterocycles. The molecule has 0 aromatic carbocycles. The first-order chi connectivity index (χ1) is 9.83. The highest BCUT2D eigenvalue weighted by Gasteiger charge is 2.44. The van der Waals surface area contributed by atoms with Gasteiger partial charge in [-0.3, -0.25) is 4.90 Å². The van der Waals surface area contributed by atoms with Gasteiger partial charge in [0.05, 0.1) is 5.37 Å². The van der Waals surface area contributed by atoms with Crippen LogP contribution in [0.15, 0.2) is 0 Å². The van der Waals surface area contributed by atoms with Crippen molar-refractivity contribution in [3.05, 3.63) is 0 Å². The Hall–Kier alpha value is -0.910. The van der Waals surface area contributed by atoms with Gasteiger partial charge in [0.1, 0.15) is 6.04 Å². The van der Waals surface area contributed by atoms with E-state index in [0.717, 1.165) is 6.42 Å². The Labute approximate surface area is 132 Å². The second-order valence-electron chi connectivity index (χ2n) is 6.06. The summed E-state index contributed by atoms with van der Waals surface area (Å²) >= 11 is 1.57. The Morgan fingerprint density at radius 3 is 2.38 bits per heavy atom. The minimum atomic E-state index is -0.904. The number of urea groups is 1. The van der Waals surface area contributed by atoms with Crippen LogP contribution >= 0.6 is 11.8 Å². The maximum absolute atomic E-state index is 12.8. The molecule has 1 rings (SSSR count). The van der Waals surface area contributed by atoms with Gasteiger partial charge in [0.2, 0.25) is 0 Å². The van der Waals surface area contributed by atoms with Gasteiger partial charge >= 0.3 is 12.0 Å². The Bertz CT molecular complexity index is 376. The first-order valence-corrected chi connectivity index (χ1v) is 8.79. The Morgan fingerprint density at radius 2 is 1.95 bits per heavy atom. The quantitative estimate of drug-likeness (QED) is 0.818. The van der Waals surface area contributed by atoms with E-state index in [1.165, 1.54) is 0 Å². The number of hydrogen-bond acceptors (Lipinski definition) is 3. The van der Waals surface area contributed by atoms with Crippen molar-refractivity contribution < 1.29 is 14.7 Å². The maximum Gasteiger partial charge on any atom is 0.327 e. The predicted octanol–water partition coefficient (Wildman–Crippen LogP) is 2.96. The standard InChI is InChI=1S/C15H28N2O3S/c1-6-11(5)8-16(7-2)15(20)17-12(14(18)19)9-21-13(17)10(3)4/h10-13H,6-9H2,1-5H3,(H,18,19). The minimum absolute atomic E-state index is 0.0513. The summed E-state index contributed by atoms with van der Waals surface area (Å²) < 4.78 is 0. The van der Waals surface area contributed by atoms with Crippen LogP contribution in [0, 0.1) is 11.8 Å². The summed E-state index contributed by atoms with van der Waals surface area (Å²) in [6.07, 6.45) is 1.01. The second kappa shape index (κ2) is 7.92. The number of aliphatic carboxylic acids is 1. The summed E-state index contributed by atoms with van der Waals surface area (Å²) in [4.78, 5) is 27.7. The molecule has 122 valence electrons. The normalized spacial score (nSPS) is 23.4. The topological polar surface area (TPSA) is 60.9 Å². The summed E-state index contributed by atoms with van der Waals surface area (Å²) in [5.74, 6) is 0.235. The van der Waals surface area contributed by atoms with E-state index in [9.17, 15) is 14.7 Å². The van der Waals surface area contributed by atoms with Gasteiger partial charge in [0, 0.05) is 18.8 Å². The van der Waals surface area contributed by atoms with E-state index in [4.69, 9.17) is 0 Å². The van der Waals surface area contributed by atoms with Gasteiger partial charge in [-0.25, -0.2) is 9.59 Å². The van der Waals surface area contributed by atoms with Crippen LogP contribution in [-0.2, 0) is 4.79 Å². The monoisotopic (exact) mass is 316 g/mol. The number of nitrogens with zero attached hydrogens (tertiary/aromatic N) is 2. The Morgan fingerprint density at radius 1 is 1.33 bits per heavy atom. The van der Waals surface area contributed by atoms with Gasteiger partial charge in [-0.1, -0.05) is 34.1 Å². The Balaban J connectivity index is 2.94. The highest BCUT2D eigenvalue weighted by atomic mass is 32.2. The van der Waals surface area contributed by atoms with Gasteiger partial charge in [0.15, 0.2) is 0 Å². The van der Waals surface area contributed by atoms with Crippen molar-refractivity contribution in [2.24, 2.45) is 11.8 Å². The highest BCUT2D eigenvalue weighted by Crippen LogP contribution is 2.35. The first kappa shape index (κ1) is 18.1. The predicted molar refractivity (Wildman–Crippen MR) is 86.4 cm³/mol. The number of thioether (sulfide) groups is 1. The van der Waals surface area contributed by atoms with Crippen LogP contribution in [0.2, 0.25) is 0 Å². The number of carboxylic acid groups (broad SMARTS) is 1. The van der Waals surface area contributed by atoms with Crippen LogP contribution in [0.25, 0.3) is 0 Å². The number of carboxylic acids is 1. The van der Waals surface area contributed by atoms with E-state index in [0.29, 0.717) is 24.8 Å². The van der Waals surface area contributed by atoms with Crippen LogP contribution in [0.5, 0.6) is 0 Å². The van der Waals surface area contributed by atoms with Crippen molar-refractivity contribution >= 4 is 23.8 Å². The van der Waals surface area contributed by atoms with Crippen molar-refractivity contribution in [1.82, 2.24) is 9.80 Å². The summed E-state index contributed by atoms with van der Waals surface area (Å²) in [5.41, 5.74) is 0. The lowest BCUT2D eigenvalue weighted by molar-refractivity contribution is -0.141. The molecule has 1 aliphatic rings. The van der Waals surface area contributed by atoms with E-state index >= 15 is 0 Å². The molecule has 3 unspecified atom stereocenters. The van der Waals surface area contributed by atoms with Crippen LogP contribution in [0.1, 0.15) is 41.0 Å². The lowest BCUT2D eigenvalue weighted by Gasteiger charge is -2.35. The summed E-state index contributed by atoms with van der Waals surface area (Å²) in [6.45, 7) is 11.5. The molecule has 2 amide bonds. The lowest BCUT2D eigenvalue weighted by Crippen LogP contribution is -2.53. The smallest absolute Gasteiger partial charge is 0.327 e. The minimum Gasteiger partial charge on any atom is -0.480 e. The van der Waals surface area contributed by atoms with Gasteiger partial charge in [-0.2, -0.15) is 0 Å². The molecule has 1 fully saturated rings. The average Bonchev–Trinajstić information content (AvgIpc) is 2.88. The maximum atomic E-state index is 12.8. The fourth-order valence-corrected chi connectivity index (χ4v) is 3.95. The molecule has 21 heavy (non-hydrogen) atoms. The molecule has 0 aromatic rings. The third kappa shape index (κ3) is 4.28. The largest absolute Gasteiger partial charge is 0.480 e. The van der Waals surface area contributed by atoms with Gasteiger partial charge in [0.25, 0.3) is 0 Å². The van der Waals surface area contributed by atoms with Gasteiger partial charge in [-0.05, 0) is 18.8 Å². The fraction of sp³-hybridized carbons (Fsp3) is 0.867.